The van der Waals surface area contributed by atoms with E-state index in [1.54, 1.807) is 7.11 Å². The van der Waals surface area contributed by atoms with E-state index in [0.717, 1.165) is 25.1 Å². The molecule has 0 saturated heterocycles. The molecule has 1 rings (SSSR count). The van der Waals surface area contributed by atoms with Crippen LogP contribution in [0.5, 0.6) is 0 Å². The zero-order valence-electron chi connectivity index (χ0n) is 12.0. The molecular weight excluding hydrogens is 212 g/mol. The Bertz CT molecular complexity index is 191. The van der Waals surface area contributed by atoms with E-state index in [1.807, 2.05) is 7.05 Å². The molecule has 0 aromatic rings. The SMILES string of the molecule is CCC1CCC(N(C)CC(COC)NC)CC1. The predicted octanol–water partition coefficient (Wildman–Crippen LogP) is 2.12. The van der Waals surface area contributed by atoms with Crippen LogP contribution in [0.3, 0.4) is 0 Å². The van der Waals surface area contributed by atoms with Gasteiger partial charge < -0.3 is 15.0 Å². The fraction of sp³-hybridized carbons (Fsp3) is 1.00. The molecule has 1 atom stereocenters. The summed E-state index contributed by atoms with van der Waals surface area (Å²) in [5, 5.41) is 3.33. The zero-order valence-corrected chi connectivity index (χ0v) is 12.0. The Kier molecular flexibility index (Phi) is 7.09. The third-order valence-corrected chi connectivity index (χ3v) is 4.30. The van der Waals surface area contributed by atoms with Crippen molar-refractivity contribution in [2.24, 2.45) is 5.92 Å². The maximum absolute atomic E-state index is 5.23. The highest BCUT2D eigenvalue weighted by atomic mass is 16.5. The average molecular weight is 242 g/mol. The van der Waals surface area contributed by atoms with Gasteiger partial charge in [-0.15, -0.1) is 0 Å². The summed E-state index contributed by atoms with van der Waals surface area (Å²) in [4.78, 5) is 2.52. The van der Waals surface area contributed by atoms with E-state index < -0.39 is 0 Å². The van der Waals surface area contributed by atoms with Crippen LogP contribution in [0.15, 0.2) is 0 Å². The van der Waals surface area contributed by atoms with Crippen molar-refractivity contribution in [1.29, 1.82) is 0 Å². The molecule has 0 bridgehead atoms. The molecule has 17 heavy (non-hydrogen) atoms. The first-order valence-corrected chi connectivity index (χ1v) is 7.07. The second kappa shape index (κ2) is 8.06. The van der Waals surface area contributed by atoms with Crippen molar-refractivity contribution in [3.8, 4) is 0 Å². The Morgan fingerprint density at radius 2 is 1.94 bits per heavy atom. The van der Waals surface area contributed by atoms with Crippen LogP contribution in [0.25, 0.3) is 0 Å². The summed E-state index contributed by atoms with van der Waals surface area (Å²) in [7, 11) is 6.05. The van der Waals surface area contributed by atoms with Gasteiger partial charge in [0.2, 0.25) is 0 Å². The predicted molar refractivity (Wildman–Crippen MR) is 73.4 cm³/mol. The Labute approximate surface area is 107 Å². The van der Waals surface area contributed by atoms with Crippen LogP contribution in [0.2, 0.25) is 0 Å². The van der Waals surface area contributed by atoms with Gasteiger partial charge in [0.05, 0.1) is 6.61 Å². The first kappa shape index (κ1) is 14.9. The lowest BCUT2D eigenvalue weighted by molar-refractivity contribution is 0.114. The molecule has 3 nitrogen and oxygen atoms in total. The molecule has 1 N–H and O–H groups in total. The van der Waals surface area contributed by atoms with Gasteiger partial charge in [-0.3, -0.25) is 0 Å². The minimum atomic E-state index is 0.453. The normalized spacial score (nSPS) is 27.4. The highest BCUT2D eigenvalue weighted by Crippen LogP contribution is 2.28. The lowest BCUT2D eigenvalue weighted by Crippen LogP contribution is -2.45. The van der Waals surface area contributed by atoms with Crippen molar-refractivity contribution < 1.29 is 4.74 Å². The molecule has 1 aliphatic carbocycles. The first-order chi connectivity index (χ1) is 8.21. The number of hydrogen-bond donors (Lipinski definition) is 1. The number of ether oxygens (including phenoxy) is 1. The average Bonchev–Trinajstić information content (AvgIpc) is 2.38. The van der Waals surface area contributed by atoms with Crippen molar-refractivity contribution in [2.75, 3.05) is 34.4 Å². The zero-order chi connectivity index (χ0) is 12.7. The van der Waals surface area contributed by atoms with Gasteiger partial charge in [0, 0.05) is 25.7 Å². The summed E-state index contributed by atoms with van der Waals surface area (Å²) in [6.07, 6.45) is 6.94. The molecule has 0 aliphatic heterocycles. The molecule has 0 spiro atoms. The lowest BCUT2D eigenvalue weighted by atomic mass is 9.84. The Morgan fingerprint density at radius 3 is 2.41 bits per heavy atom. The second-order valence-electron chi connectivity index (χ2n) is 5.46. The van der Waals surface area contributed by atoms with Crippen molar-refractivity contribution in [3.05, 3.63) is 0 Å². The van der Waals surface area contributed by atoms with E-state index in [9.17, 15) is 0 Å². The molecule has 1 saturated carbocycles. The van der Waals surface area contributed by atoms with Crippen LogP contribution >= 0.6 is 0 Å². The first-order valence-electron chi connectivity index (χ1n) is 7.07. The minimum absolute atomic E-state index is 0.453. The summed E-state index contributed by atoms with van der Waals surface area (Å²) in [6.45, 7) is 4.21. The minimum Gasteiger partial charge on any atom is -0.383 e. The quantitative estimate of drug-likeness (QED) is 0.740. The van der Waals surface area contributed by atoms with E-state index >= 15 is 0 Å². The maximum Gasteiger partial charge on any atom is 0.0628 e. The van der Waals surface area contributed by atoms with Crippen LogP contribution in [-0.4, -0.2) is 51.3 Å². The Morgan fingerprint density at radius 1 is 1.29 bits per heavy atom. The van der Waals surface area contributed by atoms with Crippen molar-refractivity contribution >= 4 is 0 Å². The van der Waals surface area contributed by atoms with Gasteiger partial charge >= 0.3 is 0 Å². The molecule has 1 fully saturated rings. The highest BCUT2D eigenvalue weighted by Gasteiger charge is 2.24. The largest absolute Gasteiger partial charge is 0.383 e. The molecule has 0 aromatic carbocycles. The van der Waals surface area contributed by atoms with Crippen LogP contribution in [0, 0.1) is 5.92 Å². The number of likely N-dealkylation sites (N-methyl/N-ethyl adjacent to an activating group) is 2. The molecule has 0 aromatic heterocycles. The second-order valence-corrected chi connectivity index (χ2v) is 5.46. The molecule has 1 unspecified atom stereocenters. The number of nitrogens with one attached hydrogen (secondary N) is 1. The third-order valence-electron chi connectivity index (χ3n) is 4.30. The molecule has 0 amide bonds. The van der Waals surface area contributed by atoms with Gasteiger partial charge in [-0.25, -0.2) is 0 Å². The Balaban J connectivity index is 2.30. The number of nitrogens with zero attached hydrogens (tertiary/aromatic N) is 1. The lowest BCUT2D eigenvalue weighted by Gasteiger charge is -2.36. The standard InChI is InChI=1S/C14H30N2O/c1-5-12-6-8-14(9-7-12)16(3)10-13(15-2)11-17-4/h12-15H,5-11H2,1-4H3. The van der Waals surface area contributed by atoms with Gasteiger partial charge in [0.25, 0.3) is 0 Å². The summed E-state index contributed by atoms with van der Waals surface area (Å²) in [5.74, 6) is 0.985. The number of rotatable bonds is 7. The molecule has 0 heterocycles. The fourth-order valence-corrected chi connectivity index (χ4v) is 2.92. The molecule has 3 heteroatoms. The fourth-order valence-electron chi connectivity index (χ4n) is 2.92. The number of hydrogen-bond acceptors (Lipinski definition) is 3. The topological polar surface area (TPSA) is 24.5 Å². The Hall–Kier alpha value is -0.120. The highest BCUT2D eigenvalue weighted by molar-refractivity contribution is 4.80. The monoisotopic (exact) mass is 242 g/mol. The van der Waals surface area contributed by atoms with Crippen molar-refractivity contribution in [2.45, 2.75) is 51.1 Å². The summed E-state index contributed by atoms with van der Waals surface area (Å²) < 4.78 is 5.23. The van der Waals surface area contributed by atoms with Crippen LogP contribution in [-0.2, 0) is 4.74 Å². The van der Waals surface area contributed by atoms with E-state index in [0.29, 0.717) is 6.04 Å². The van der Waals surface area contributed by atoms with Crippen molar-refractivity contribution in [3.63, 3.8) is 0 Å². The van der Waals surface area contributed by atoms with Gasteiger partial charge in [-0.2, -0.15) is 0 Å². The smallest absolute Gasteiger partial charge is 0.0628 e. The van der Waals surface area contributed by atoms with E-state index in [-0.39, 0.29) is 0 Å². The van der Waals surface area contributed by atoms with Crippen LogP contribution < -0.4 is 5.32 Å². The molecular formula is C14H30N2O. The van der Waals surface area contributed by atoms with Gasteiger partial charge in [0.15, 0.2) is 0 Å². The van der Waals surface area contributed by atoms with E-state index in [4.69, 9.17) is 4.74 Å². The molecule has 102 valence electrons. The summed E-state index contributed by atoms with van der Waals surface area (Å²) >= 11 is 0. The van der Waals surface area contributed by atoms with E-state index in [2.05, 4.69) is 24.2 Å². The van der Waals surface area contributed by atoms with Crippen LogP contribution in [0.1, 0.15) is 39.0 Å². The van der Waals surface area contributed by atoms with Gasteiger partial charge in [-0.1, -0.05) is 13.3 Å². The maximum atomic E-state index is 5.23. The van der Waals surface area contributed by atoms with Crippen LogP contribution in [0.4, 0.5) is 0 Å². The van der Waals surface area contributed by atoms with Crippen molar-refractivity contribution in [1.82, 2.24) is 10.2 Å². The summed E-state index contributed by atoms with van der Waals surface area (Å²) in [6, 6.07) is 1.24. The third kappa shape index (κ3) is 4.94. The molecule has 1 aliphatic rings. The number of methoxy groups -OCH3 is 1. The summed E-state index contributed by atoms with van der Waals surface area (Å²) in [5.41, 5.74) is 0. The van der Waals surface area contributed by atoms with E-state index in [1.165, 1.54) is 32.1 Å². The van der Waals surface area contributed by atoms with Gasteiger partial charge in [0.1, 0.15) is 0 Å². The van der Waals surface area contributed by atoms with Gasteiger partial charge in [-0.05, 0) is 45.7 Å². The molecule has 0 radical (unpaired) electrons.